The standard InChI is InChI=1S/C13H6F2N4O3/c14-7-1-4(10(20)9(15)11(7)21)8-5(2-16)12(18)19-13(22)6(8)3-17/h1,20-21H,(H3,18,19,22). The van der Waals surface area contributed by atoms with Gasteiger partial charge in [0.2, 0.25) is 5.82 Å². The molecule has 1 aromatic heterocycles. The van der Waals surface area contributed by atoms with Crippen molar-refractivity contribution in [3.63, 3.8) is 0 Å². The van der Waals surface area contributed by atoms with Crippen LogP contribution in [0.4, 0.5) is 14.6 Å². The Kier molecular flexibility index (Phi) is 3.41. The summed E-state index contributed by atoms with van der Waals surface area (Å²) in [6.45, 7) is 0. The van der Waals surface area contributed by atoms with Crippen LogP contribution in [0.25, 0.3) is 11.1 Å². The van der Waals surface area contributed by atoms with Crippen LogP contribution in [0.15, 0.2) is 10.9 Å². The van der Waals surface area contributed by atoms with E-state index in [1.165, 1.54) is 6.07 Å². The molecule has 0 unspecified atom stereocenters. The van der Waals surface area contributed by atoms with Crippen molar-refractivity contribution in [1.29, 1.82) is 10.5 Å². The first-order chi connectivity index (χ1) is 10.3. The van der Waals surface area contributed by atoms with Gasteiger partial charge in [0.05, 0.1) is 0 Å². The third kappa shape index (κ3) is 1.98. The van der Waals surface area contributed by atoms with E-state index in [-0.39, 0.29) is 0 Å². The Balaban J connectivity index is 3.06. The average molecular weight is 304 g/mol. The number of nitrogens with zero attached hydrogens (tertiary/aromatic N) is 2. The minimum Gasteiger partial charge on any atom is -0.504 e. The van der Waals surface area contributed by atoms with Gasteiger partial charge in [-0.05, 0) is 6.07 Å². The quantitative estimate of drug-likeness (QED) is 0.619. The maximum absolute atomic E-state index is 13.6. The fraction of sp³-hybridized carbons (Fsp3) is 0. The van der Waals surface area contributed by atoms with Crippen molar-refractivity contribution in [1.82, 2.24) is 4.98 Å². The molecule has 0 aliphatic rings. The van der Waals surface area contributed by atoms with Crippen molar-refractivity contribution in [2.24, 2.45) is 0 Å². The lowest BCUT2D eigenvalue weighted by atomic mass is 9.95. The summed E-state index contributed by atoms with van der Waals surface area (Å²) >= 11 is 0. The third-order valence-corrected chi connectivity index (χ3v) is 2.91. The zero-order chi connectivity index (χ0) is 16.6. The molecule has 1 aromatic carbocycles. The molecule has 0 aliphatic carbocycles. The van der Waals surface area contributed by atoms with E-state index in [0.717, 1.165) is 0 Å². The minimum atomic E-state index is -1.69. The zero-order valence-corrected chi connectivity index (χ0v) is 10.6. The topological polar surface area (TPSA) is 147 Å². The first kappa shape index (κ1) is 14.8. The average Bonchev–Trinajstić information content (AvgIpc) is 2.48. The van der Waals surface area contributed by atoms with E-state index in [1.54, 1.807) is 6.07 Å². The van der Waals surface area contributed by atoms with Gasteiger partial charge in [0.15, 0.2) is 17.3 Å². The number of hydrogen-bond acceptors (Lipinski definition) is 6. The summed E-state index contributed by atoms with van der Waals surface area (Å²) < 4.78 is 27.1. The second kappa shape index (κ2) is 5.07. The Morgan fingerprint density at radius 1 is 1.14 bits per heavy atom. The van der Waals surface area contributed by atoms with Crippen molar-refractivity contribution in [2.75, 3.05) is 5.73 Å². The predicted octanol–water partition coefficient (Wildman–Crippen LogP) is 1.06. The van der Waals surface area contributed by atoms with Gasteiger partial charge in [-0.1, -0.05) is 0 Å². The van der Waals surface area contributed by atoms with Crippen LogP contribution in [-0.4, -0.2) is 15.2 Å². The van der Waals surface area contributed by atoms with Gasteiger partial charge in [-0.3, -0.25) is 4.79 Å². The Bertz CT molecular complexity index is 939. The van der Waals surface area contributed by atoms with Crippen LogP contribution >= 0.6 is 0 Å². The number of pyridine rings is 1. The molecule has 0 saturated carbocycles. The van der Waals surface area contributed by atoms with E-state index in [9.17, 15) is 18.7 Å². The molecule has 1 heterocycles. The number of benzene rings is 1. The molecule has 0 bridgehead atoms. The number of phenols is 2. The summed E-state index contributed by atoms with van der Waals surface area (Å²) in [6, 6.07) is 3.55. The highest BCUT2D eigenvalue weighted by Crippen LogP contribution is 2.40. The highest BCUT2D eigenvalue weighted by atomic mass is 19.1. The van der Waals surface area contributed by atoms with Crippen molar-refractivity contribution >= 4 is 5.82 Å². The van der Waals surface area contributed by atoms with Gasteiger partial charge in [-0.15, -0.1) is 0 Å². The smallest absolute Gasteiger partial charge is 0.268 e. The van der Waals surface area contributed by atoms with E-state index in [1.807, 2.05) is 4.98 Å². The number of aromatic hydroxyl groups is 2. The van der Waals surface area contributed by atoms with Crippen LogP contribution in [0.3, 0.4) is 0 Å². The summed E-state index contributed by atoms with van der Waals surface area (Å²) in [4.78, 5) is 13.7. The van der Waals surface area contributed by atoms with Gasteiger partial charge in [0.25, 0.3) is 5.56 Å². The normalized spacial score (nSPS) is 10.0. The second-order valence-corrected chi connectivity index (χ2v) is 4.13. The molecule has 0 atom stereocenters. The fourth-order valence-corrected chi connectivity index (χ4v) is 1.90. The molecular weight excluding hydrogens is 298 g/mol. The monoisotopic (exact) mass is 304 g/mol. The maximum Gasteiger partial charge on any atom is 0.268 e. The molecule has 7 nitrogen and oxygen atoms in total. The van der Waals surface area contributed by atoms with E-state index in [2.05, 4.69) is 0 Å². The van der Waals surface area contributed by atoms with Crippen LogP contribution < -0.4 is 11.3 Å². The summed E-state index contributed by atoms with van der Waals surface area (Å²) in [6.07, 6.45) is 0. The van der Waals surface area contributed by atoms with Crippen LogP contribution in [0.1, 0.15) is 11.1 Å². The first-order valence-electron chi connectivity index (χ1n) is 5.59. The summed E-state index contributed by atoms with van der Waals surface area (Å²) in [5, 5.41) is 36.9. The molecule has 0 aliphatic heterocycles. The van der Waals surface area contributed by atoms with E-state index in [4.69, 9.17) is 21.4 Å². The van der Waals surface area contributed by atoms with Crippen molar-refractivity contribution in [2.45, 2.75) is 0 Å². The third-order valence-electron chi connectivity index (χ3n) is 2.91. The first-order valence-corrected chi connectivity index (χ1v) is 5.59. The van der Waals surface area contributed by atoms with Crippen molar-refractivity contribution in [3.05, 3.63) is 39.2 Å². The second-order valence-electron chi connectivity index (χ2n) is 4.13. The van der Waals surface area contributed by atoms with Gasteiger partial charge < -0.3 is 20.9 Å². The van der Waals surface area contributed by atoms with Crippen LogP contribution in [0.2, 0.25) is 0 Å². The molecule has 110 valence electrons. The number of aromatic nitrogens is 1. The Labute approximate surface area is 121 Å². The largest absolute Gasteiger partial charge is 0.504 e. The summed E-state index contributed by atoms with van der Waals surface area (Å²) in [7, 11) is 0. The predicted molar refractivity (Wildman–Crippen MR) is 69.6 cm³/mol. The van der Waals surface area contributed by atoms with Crippen molar-refractivity contribution < 1.29 is 19.0 Å². The summed E-state index contributed by atoms with van der Waals surface area (Å²) in [5.74, 6) is -6.23. The number of nitriles is 2. The lowest BCUT2D eigenvalue weighted by Gasteiger charge is -2.11. The van der Waals surface area contributed by atoms with Gasteiger partial charge in [0, 0.05) is 11.1 Å². The molecule has 0 fully saturated rings. The lowest BCUT2D eigenvalue weighted by molar-refractivity contribution is 0.368. The molecule has 9 heteroatoms. The molecule has 5 N–H and O–H groups in total. The highest BCUT2D eigenvalue weighted by Gasteiger charge is 2.25. The number of nitrogens with two attached hydrogens (primary N) is 1. The number of nitrogen functional groups attached to an aromatic ring is 1. The zero-order valence-electron chi connectivity index (χ0n) is 10.6. The minimum absolute atomic E-state index is 0.435. The molecule has 2 rings (SSSR count). The number of aromatic amines is 1. The molecule has 22 heavy (non-hydrogen) atoms. The number of hydrogen-bond donors (Lipinski definition) is 4. The Hall–Kier alpha value is -3.59. The number of anilines is 1. The number of nitrogens with one attached hydrogen (secondary N) is 1. The number of halogens is 2. The molecule has 0 spiro atoms. The molecule has 0 saturated heterocycles. The molecular formula is C13H6F2N4O3. The fourth-order valence-electron chi connectivity index (χ4n) is 1.90. The number of rotatable bonds is 1. The van der Waals surface area contributed by atoms with Gasteiger partial charge >= 0.3 is 0 Å². The SMILES string of the molecule is N#Cc1c(N)[nH]c(=O)c(C#N)c1-c1cc(F)c(O)c(F)c1O. The van der Waals surface area contributed by atoms with Crippen LogP contribution in [0.5, 0.6) is 11.5 Å². The van der Waals surface area contributed by atoms with Crippen LogP contribution in [-0.2, 0) is 0 Å². The van der Waals surface area contributed by atoms with E-state index >= 15 is 0 Å². The Morgan fingerprint density at radius 2 is 1.73 bits per heavy atom. The van der Waals surface area contributed by atoms with Crippen molar-refractivity contribution in [3.8, 4) is 34.8 Å². The molecule has 0 radical (unpaired) electrons. The number of H-pyrrole nitrogens is 1. The molecule has 2 aromatic rings. The van der Waals surface area contributed by atoms with Gasteiger partial charge in [-0.2, -0.15) is 14.9 Å². The van der Waals surface area contributed by atoms with E-state index in [0.29, 0.717) is 6.07 Å². The van der Waals surface area contributed by atoms with Gasteiger partial charge in [0.1, 0.15) is 29.1 Å². The Morgan fingerprint density at radius 3 is 2.27 bits per heavy atom. The van der Waals surface area contributed by atoms with Gasteiger partial charge in [-0.25, -0.2) is 4.39 Å². The van der Waals surface area contributed by atoms with E-state index < -0.39 is 56.8 Å². The summed E-state index contributed by atoms with van der Waals surface area (Å²) in [5.41, 5.74) is 2.16. The van der Waals surface area contributed by atoms with Crippen LogP contribution in [0, 0.1) is 34.3 Å². The molecule has 0 amide bonds. The lowest BCUT2D eigenvalue weighted by Crippen LogP contribution is -2.16. The maximum atomic E-state index is 13.6. The number of phenolic OH excluding ortho intramolecular Hbond substituents is 2. The highest BCUT2D eigenvalue weighted by molar-refractivity contribution is 5.83.